The Balaban J connectivity index is 1.67. The van der Waals surface area contributed by atoms with Gasteiger partial charge in [-0.2, -0.15) is 0 Å². The molecule has 2 heterocycles. The summed E-state index contributed by atoms with van der Waals surface area (Å²) in [6, 6.07) is 15.7. The van der Waals surface area contributed by atoms with Gasteiger partial charge in [0.2, 0.25) is 5.91 Å². The van der Waals surface area contributed by atoms with Gasteiger partial charge in [-0.15, -0.1) is 10.2 Å². The van der Waals surface area contributed by atoms with Crippen LogP contribution in [-0.4, -0.2) is 37.7 Å². The largest absolute Gasteiger partial charge is 0.340 e. The highest BCUT2D eigenvalue weighted by atomic mass is 32.2. The summed E-state index contributed by atoms with van der Waals surface area (Å²) in [5.41, 5.74) is 1.90. The fraction of sp³-hybridized carbons (Fsp3) is 0.235. The first kappa shape index (κ1) is 15.6. The second-order valence-corrected chi connectivity index (χ2v) is 6.66. The van der Waals surface area contributed by atoms with Crippen molar-refractivity contribution in [2.24, 2.45) is 0 Å². The van der Waals surface area contributed by atoms with Crippen LogP contribution in [0.3, 0.4) is 0 Å². The van der Waals surface area contributed by atoms with E-state index in [1.165, 1.54) is 11.8 Å². The molecule has 0 radical (unpaired) electrons. The highest BCUT2D eigenvalue weighted by molar-refractivity contribution is 8.00. The number of fused-ring (bicyclic) bond motifs is 1. The lowest BCUT2D eigenvalue weighted by Gasteiger charge is -2.20. The summed E-state index contributed by atoms with van der Waals surface area (Å²) in [4.78, 5) is 14.3. The van der Waals surface area contributed by atoms with Gasteiger partial charge in [0.15, 0.2) is 10.8 Å². The molecule has 23 heavy (non-hydrogen) atoms. The van der Waals surface area contributed by atoms with Crippen molar-refractivity contribution in [2.75, 3.05) is 7.05 Å². The molecule has 1 amide bonds. The average molecular weight is 326 g/mol. The van der Waals surface area contributed by atoms with Gasteiger partial charge in [0.25, 0.3) is 0 Å². The topological polar surface area (TPSA) is 50.5 Å². The SMILES string of the molecule is CC(Sc1nnc2ccccn12)C(=O)N(C)Cc1ccccc1. The highest BCUT2D eigenvalue weighted by Gasteiger charge is 2.21. The zero-order chi connectivity index (χ0) is 16.2. The lowest BCUT2D eigenvalue weighted by atomic mass is 10.2. The van der Waals surface area contributed by atoms with Crippen LogP contribution in [0.25, 0.3) is 5.65 Å². The Bertz CT molecular complexity index is 802. The van der Waals surface area contributed by atoms with Crippen LogP contribution in [0.5, 0.6) is 0 Å². The number of rotatable bonds is 5. The van der Waals surface area contributed by atoms with Crippen LogP contribution in [0.15, 0.2) is 59.9 Å². The van der Waals surface area contributed by atoms with Gasteiger partial charge in [0.1, 0.15) is 0 Å². The molecule has 0 saturated carbocycles. The first-order chi connectivity index (χ1) is 11.1. The molecule has 6 heteroatoms. The molecule has 0 saturated heterocycles. The van der Waals surface area contributed by atoms with Gasteiger partial charge in [-0.25, -0.2) is 0 Å². The Morgan fingerprint density at radius 3 is 2.70 bits per heavy atom. The molecule has 0 spiro atoms. The van der Waals surface area contributed by atoms with E-state index in [1.54, 1.807) is 4.90 Å². The predicted molar refractivity (Wildman–Crippen MR) is 91.2 cm³/mol. The van der Waals surface area contributed by atoms with E-state index in [9.17, 15) is 4.79 Å². The minimum absolute atomic E-state index is 0.0755. The Kier molecular flexibility index (Phi) is 4.62. The molecule has 5 nitrogen and oxygen atoms in total. The van der Waals surface area contributed by atoms with Gasteiger partial charge in [-0.3, -0.25) is 9.20 Å². The number of carbonyl (C=O) groups is 1. The summed E-state index contributed by atoms with van der Waals surface area (Å²) in [5, 5.41) is 8.78. The summed E-state index contributed by atoms with van der Waals surface area (Å²) in [5.74, 6) is 0.0755. The Morgan fingerprint density at radius 1 is 1.17 bits per heavy atom. The number of benzene rings is 1. The quantitative estimate of drug-likeness (QED) is 0.677. The molecule has 3 rings (SSSR count). The standard InChI is InChI=1S/C17H18N4OS/c1-13(16(22)20(2)12-14-8-4-3-5-9-14)23-17-19-18-15-10-6-7-11-21(15)17/h3-11,13H,12H2,1-2H3. The number of thioether (sulfide) groups is 1. The molecule has 0 aliphatic carbocycles. The monoisotopic (exact) mass is 326 g/mol. The lowest BCUT2D eigenvalue weighted by molar-refractivity contribution is -0.129. The van der Waals surface area contributed by atoms with E-state index in [0.717, 1.165) is 16.4 Å². The number of nitrogens with zero attached hydrogens (tertiary/aromatic N) is 4. The minimum Gasteiger partial charge on any atom is -0.340 e. The first-order valence-corrected chi connectivity index (χ1v) is 8.28. The van der Waals surface area contributed by atoms with Crippen molar-refractivity contribution in [2.45, 2.75) is 23.9 Å². The lowest BCUT2D eigenvalue weighted by Crippen LogP contribution is -2.32. The van der Waals surface area contributed by atoms with Crippen molar-refractivity contribution in [3.05, 3.63) is 60.3 Å². The zero-order valence-corrected chi connectivity index (χ0v) is 13.9. The number of hydrogen-bond donors (Lipinski definition) is 0. The molecule has 2 aromatic heterocycles. The number of amides is 1. The summed E-state index contributed by atoms with van der Waals surface area (Å²) in [6.07, 6.45) is 1.91. The van der Waals surface area contributed by atoms with Crippen LogP contribution in [0.4, 0.5) is 0 Å². The van der Waals surface area contributed by atoms with E-state index < -0.39 is 0 Å². The van der Waals surface area contributed by atoms with Gasteiger partial charge in [0, 0.05) is 19.8 Å². The number of carbonyl (C=O) groups excluding carboxylic acids is 1. The molecular weight excluding hydrogens is 308 g/mol. The summed E-state index contributed by atoms with van der Waals surface area (Å²) >= 11 is 1.42. The van der Waals surface area contributed by atoms with Crippen LogP contribution in [0, 0.1) is 0 Å². The molecule has 0 N–H and O–H groups in total. The van der Waals surface area contributed by atoms with Gasteiger partial charge < -0.3 is 4.90 Å². The maximum atomic E-state index is 12.6. The van der Waals surface area contributed by atoms with E-state index in [1.807, 2.05) is 73.1 Å². The van der Waals surface area contributed by atoms with E-state index in [2.05, 4.69) is 10.2 Å². The molecule has 0 aliphatic heterocycles. The molecule has 0 bridgehead atoms. The van der Waals surface area contributed by atoms with Crippen LogP contribution in [0.1, 0.15) is 12.5 Å². The fourth-order valence-electron chi connectivity index (χ4n) is 2.35. The third-order valence-corrected chi connectivity index (χ3v) is 4.60. The maximum absolute atomic E-state index is 12.6. The normalized spacial score (nSPS) is 12.3. The zero-order valence-electron chi connectivity index (χ0n) is 13.1. The van der Waals surface area contributed by atoms with Crippen LogP contribution < -0.4 is 0 Å². The average Bonchev–Trinajstić information content (AvgIpc) is 2.98. The third-order valence-electron chi connectivity index (χ3n) is 3.55. The first-order valence-electron chi connectivity index (χ1n) is 7.40. The summed E-state index contributed by atoms with van der Waals surface area (Å²) < 4.78 is 1.89. The molecule has 0 fully saturated rings. The van der Waals surface area contributed by atoms with E-state index in [4.69, 9.17) is 0 Å². The van der Waals surface area contributed by atoms with Crippen molar-refractivity contribution >= 4 is 23.3 Å². The molecule has 1 unspecified atom stereocenters. The molecule has 3 aromatic rings. The van der Waals surface area contributed by atoms with Crippen molar-refractivity contribution in [1.82, 2.24) is 19.5 Å². The smallest absolute Gasteiger partial charge is 0.235 e. The minimum atomic E-state index is -0.226. The van der Waals surface area contributed by atoms with Crippen LogP contribution >= 0.6 is 11.8 Å². The van der Waals surface area contributed by atoms with Gasteiger partial charge in [0.05, 0.1) is 5.25 Å². The van der Waals surface area contributed by atoms with Crippen molar-refractivity contribution in [3.63, 3.8) is 0 Å². The summed E-state index contributed by atoms with van der Waals surface area (Å²) in [6.45, 7) is 2.50. The number of pyridine rings is 1. The summed E-state index contributed by atoms with van der Waals surface area (Å²) in [7, 11) is 1.83. The second kappa shape index (κ2) is 6.83. The van der Waals surface area contributed by atoms with Crippen molar-refractivity contribution in [3.8, 4) is 0 Å². The molecule has 1 atom stereocenters. The number of hydrogen-bond acceptors (Lipinski definition) is 4. The van der Waals surface area contributed by atoms with Gasteiger partial charge in [-0.05, 0) is 24.6 Å². The van der Waals surface area contributed by atoms with Crippen LogP contribution in [0.2, 0.25) is 0 Å². The Morgan fingerprint density at radius 2 is 1.91 bits per heavy atom. The molecule has 1 aromatic carbocycles. The van der Waals surface area contributed by atoms with E-state index in [0.29, 0.717) is 6.54 Å². The van der Waals surface area contributed by atoms with E-state index in [-0.39, 0.29) is 11.2 Å². The second-order valence-electron chi connectivity index (χ2n) is 5.35. The van der Waals surface area contributed by atoms with Gasteiger partial charge >= 0.3 is 0 Å². The predicted octanol–water partition coefficient (Wildman–Crippen LogP) is 2.87. The number of aromatic nitrogens is 3. The van der Waals surface area contributed by atoms with E-state index >= 15 is 0 Å². The third kappa shape index (κ3) is 3.53. The fourth-order valence-corrected chi connectivity index (χ4v) is 3.31. The van der Waals surface area contributed by atoms with Crippen molar-refractivity contribution < 1.29 is 4.79 Å². The maximum Gasteiger partial charge on any atom is 0.235 e. The Hall–Kier alpha value is -2.34. The van der Waals surface area contributed by atoms with Crippen LogP contribution in [-0.2, 0) is 11.3 Å². The highest BCUT2D eigenvalue weighted by Crippen LogP contribution is 2.23. The van der Waals surface area contributed by atoms with Crippen molar-refractivity contribution in [1.29, 1.82) is 0 Å². The Labute approximate surface area is 139 Å². The molecule has 0 aliphatic rings. The van der Waals surface area contributed by atoms with Gasteiger partial charge in [-0.1, -0.05) is 48.2 Å². The molecular formula is C17H18N4OS. The molecule has 118 valence electrons.